The summed E-state index contributed by atoms with van der Waals surface area (Å²) < 4.78 is 13.0. The number of hydrogen-bond acceptors (Lipinski definition) is 5. The lowest BCUT2D eigenvalue weighted by Gasteiger charge is -2.14. The molecule has 0 aliphatic heterocycles. The maximum atomic E-state index is 13.0. The molecule has 7 heteroatoms. The lowest BCUT2D eigenvalue weighted by Crippen LogP contribution is -2.26. The quantitative estimate of drug-likeness (QED) is 0.768. The van der Waals surface area contributed by atoms with Crippen molar-refractivity contribution >= 4 is 17.2 Å². The smallest absolute Gasteiger partial charge is 0.217 e. The summed E-state index contributed by atoms with van der Waals surface area (Å²) in [5, 5.41) is 12.7. The van der Waals surface area contributed by atoms with Crippen molar-refractivity contribution in [2.24, 2.45) is 5.73 Å². The number of amides is 1. The number of hydrogen-bond donors (Lipinski definition) is 2. The fourth-order valence-electron chi connectivity index (χ4n) is 2.08. The second-order valence-electron chi connectivity index (χ2n) is 4.99. The van der Waals surface area contributed by atoms with Gasteiger partial charge in [-0.1, -0.05) is 11.3 Å². The van der Waals surface area contributed by atoms with Gasteiger partial charge in [0.2, 0.25) is 5.91 Å². The van der Waals surface area contributed by atoms with Gasteiger partial charge in [-0.05, 0) is 50.1 Å². The van der Waals surface area contributed by atoms with Crippen LogP contribution in [0.4, 0.5) is 4.39 Å². The molecule has 0 spiro atoms. The van der Waals surface area contributed by atoms with Crippen LogP contribution in [0.3, 0.4) is 0 Å². The van der Waals surface area contributed by atoms with Gasteiger partial charge in [0, 0.05) is 12.5 Å². The van der Waals surface area contributed by atoms with Crippen molar-refractivity contribution in [3.8, 4) is 10.6 Å². The summed E-state index contributed by atoms with van der Waals surface area (Å²) in [6.45, 7) is 2.11. The SMILES string of the molecule is CC(=O)N[C@@H](CCCCN)c1nnc(-c2ccc(F)cc2)s1. The average molecular weight is 322 g/mol. The molecule has 1 aromatic heterocycles. The lowest BCUT2D eigenvalue weighted by atomic mass is 10.1. The molecule has 22 heavy (non-hydrogen) atoms. The van der Waals surface area contributed by atoms with Gasteiger partial charge in [0.1, 0.15) is 15.8 Å². The summed E-state index contributed by atoms with van der Waals surface area (Å²) in [7, 11) is 0. The summed E-state index contributed by atoms with van der Waals surface area (Å²) in [6, 6.07) is 5.96. The molecule has 0 aliphatic carbocycles. The number of carbonyl (C=O) groups excluding carboxylic acids is 1. The fraction of sp³-hybridized carbons (Fsp3) is 0.400. The van der Waals surface area contributed by atoms with E-state index in [-0.39, 0.29) is 17.8 Å². The highest BCUT2D eigenvalue weighted by Crippen LogP contribution is 2.29. The molecule has 0 saturated carbocycles. The summed E-state index contributed by atoms with van der Waals surface area (Å²) >= 11 is 1.41. The van der Waals surface area contributed by atoms with E-state index in [0.717, 1.165) is 29.8 Å². The number of nitrogens with zero attached hydrogens (tertiary/aromatic N) is 2. The summed E-state index contributed by atoms with van der Waals surface area (Å²) in [4.78, 5) is 11.4. The van der Waals surface area contributed by atoms with Gasteiger partial charge in [0.25, 0.3) is 0 Å². The molecule has 0 saturated heterocycles. The van der Waals surface area contributed by atoms with Crippen molar-refractivity contribution in [2.45, 2.75) is 32.2 Å². The Morgan fingerprint density at radius 3 is 2.68 bits per heavy atom. The van der Waals surface area contributed by atoms with Crippen molar-refractivity contribution in [1.29, 1.82) is 0 Å². The van der Waals surface area contributed by atoms with Gasteiger partial charge in [-0.2, -0.15) is 0 Å². The fourth-order valence-corrected chi connectivity index (χ4v) is 3.01. The summed E-state index contributed by atoms with van der Waals surface area (Å²) in [5.41, 5.74) is 6.32. The zero-order chi connectivity index (χ0) is 15.9. The van der Waals surface area contributed by atoms with Gasteiger partial charge < -0.3 is 11.1 Å². The average Bonchev–Trinajstić information content (AvgIpc) is 2.96. The third kappa shape index (κ3) is 4.57. The molecule has 1 atom stereocenters. The van der Waals surface area contributed by atoms with Crippen molar-refractivity contribution in [3.05, 3.63) is 35.1 Å². The maximum Gasteiger partial charge on any atom is 0.217 e. The number of carbonyl (C=O) groups is 1. The van der Waals surface area contributed by atoms with Crippen LogP contribution in [0.1, 0.15) is 37.2 Å². The minimum Gasteiger partial charge on any atom is -0.347 e. The third-order valence-corrected chi connectivity index (χ3v) is 4.24. The van der Waals surface area contributed by atoms with Crippen LogP contribution < -0.4 is 11.1 Å². The second kappa shape index (κ2) is 7.95. The Bertz CT molecular complexity index is 614. The first kappa shape index (κ1) is 16.5. The molecule has 0 radical (unpaired) electrons. The van der Waals surface area contributed by atoms with Crippen LogP contribution in [0.5, 0.6) is 0 Å². The van der Waals surface area contributed by atoms with Gasteiger partial charge in [0.05, 0.1) is 6.04 Å². The van der Waals surface area contributed by atoms with E-state index < -0.39 is 0 Å². The molecule has 118 valence electrons. The molecule has 0 aliphatic rings. The molecular weight excluding hydrogens is 303 g/mol. The molecule has 0 bridgehead atoms. The Labute approximate surface area is 132 Å². The number of aromatic nitrogens is 2. The minimum absolute atomic E-state index is 0.101. The molecule has 2 rings (SSSR count). The van der Waals surface area contributed by atoms with Gasteiger partial charge >= 0.3 is 0 Å². The number of nitrogens with one attached hydrogen (secondary N) is 1. The zero-order valence-electron chi connectivity index (χ0n) is 12.4. The number of benzene rings is 1. The Balaban J connectivity index is 2.14. The molecule has 3 N–H and O–H groups in total. The number of nitrogens with two attached hydrogens (primary N) is 1. The predicted molar refractivity (Wildman–Crippen MR) is 84.8 cm³/mol. The van der Waals surface area contributed by atoms with E-state index in [0.29, 0.717) is 11.6 Å². The number of rotatable bonds is 7. The van der Waals surface area contributed by atoms with Crippen molar-refractivity contribution in [1.82, 2.24) is 15.5 Å². The van der Waals surface area contributed by atoms with Crippen molar-refractivity contribution in [2.75, 3.05) is 6.54 Å². The van der Waals surface area contributed by atoms with Crippen LogP contribution in [0, 0.1) is 5.82 Å². The zero-order valence-corrected chi connectivity index (χ0v) is 13.2. The molecule has 1 amide bonds. The van der Waals surface area contributed by atoms with E-state index in [9.17, 15) is 9.18 Å². The van der Waals surface area contributed by atoms with Gasteiger partial charge in [0.15, 0.2) is 0 Å². The molecule has 5 nitrogen and oxygen atoms in total. The van der Waals surface area contributed by atoms with E-state index in [1.807, 2.05) is 0 Å². The van der Waals surface area contributed by atoms with Crippen LogP contribution in [-0.2, 0) is 4.79 Å². The van der Waals surface area contributed by atoms with Crippen LogP contribution in [-0.4, -0.2) is 22.6 Å². The van der Waals surface area contributed by atoms with E-state index in [1.165, 1.54) is 30.4 Å². The van der Waals surface area contributed by atoms with Crippen LogP contribution in [0.15, 0.2) is 24.3 Å². The molecule has 1 heterocycles. The monoisotopic (exact) mass is 322 g/mol. The van der Waals surface area contributed by atoms with Gasteiger partial charge in [-0.3, -0.25) is 4.79 Å². The largest absolute Gasteiger partial charge is 0.347 e. The van der Waals surface area contributed by atoms with Gasteiger partial charge in [-0.25, -0.2) is 4.39 Å². The van der Waals surface area contributed by atoms with E-state index in [4.69, 9.17) is 5.73 Å². The summed E-state index contributed by atoms with van der Waals surface area (Å²) in [6.07, 6.45) is 2.58. The van der Waals surface area contributed by atoms with Crippen LogP contribution in [0.25, 0.3) is 10.6 Å². The summed E-state index contributed by atoms with van der Waals surface area (Å²) in [5.74, 6) is -0.386. The second-order valence-corrected chi connectivity index (χ2v) is 6.00. The highest BCUT2D eigenvalue weighted by Gasteiger charge is 2.18. The van der Waals surface area contributed by atoms with Crippen molar-refractivity contribution in [3.63, 3.8) is 0 Å². The topological polar surface area (TPSA) is 80.9 Å². The normalized spacial score (nSPS) is 12.1. The first-order valence-corrected chi connectivity index (χ1v) is 7.98. The minimum atomic E-state index is -0.286. The lowest BCUT2D eigenvalue weighted by molar-refractivity contribution is -0.119. The van der Waals surface area contributed by atoms with Crippen molar-refractivity contribution < 1.29 is 9.18 Å². The Hall–Kier alpha value is -1.86. The van der Waals surface area contributed by atoms with E-state index in [2.05, 4.69) is 15.5 Å². The van der Waals surface area contributed by atoms with E-state index in [1.54, 1.807) is 12.1 Å². The first-order valence-electron chi connectivity index (χ1n) is 7.16. The first-order chi connectivity index (χ1) is 10.6. The maximum absolute atomic E-state index is 13.0. The molecule has 1 aromatic carbocycles. The van der Waals surface area contributed by atoms with Gasteiger partial charge in [-0.15, -0.1) is 10.2 Å². The molecule has 0 unspecified atom stereocenters. The standard InChI is InChI=1S/C15H19FN4OS/c1-10(21)18-13(4-2-3-9-17)15-20-19-14(22-15)11-5-7-12(16)8-6-11/h5-8,13H,2-4,9,17H2,1H3,(H,18,21)/t13-/m0/s1. The Morgan fingerprint density at radius 2 is 2.05 bits per heavy atom. The van der Waals surface area contributed by atoms with E-state index >= 15 is 0 Å². The Morgan fingerprint density at radius 1 is 1.32 bits per heavy atom. The molecular formula is C15H19FN4OS. The number of unbranched alkanes of at least 4 members (excludes halogenated alkanes) is 1. The molecule has 0 fully saturated rings. The predicted octanol–water partition coefficient (Wildman–Crippen LogP) is 2.65. The van der Waals surface area contributed by atoms with Crippen LogP contribution in [0.2, 0.25) is 0 Å². The Kier molecular flexibility index (Phi) is 5.97. The highest BCUT2D eigenvalue weighted by molar-refractivity contribution is 7.14. The number of halogens is 1. The molecule has 2 aromatic rings. The third-order valence-electron chi connectivity index (χ3n) is 3.15. The van der Waals surface area contributed by atoms with Crippen LogP contribution >= 0.6 is 11.3 Å². The highest BCUT2D eigenvalue weighted by atomic mass is 32.1.